The lowest BCUT2D eigenvalue weighted by molar-refractivity contribution is 0.0550. The van der Waals surface area contributed by atoms with Crippen molar-refractivity contribution in [3.8, 4) is 17.0 Å². The van der Waals surface area contributed by atoms with Crippen LogP contribution in [0.3, 0.4) is 0 Å². The first-order chi connectivity index (χ1) is 13.8. The highest BCUT2D eigenvalue weighted by atomic mass is 19.1. The molecule has 3 rings (SSSR count). The van der Waals surface area contributed by atoms with Gasteiger partial charge in [0, 0.05) is 25.6 Å². The zero-order chi connectivity index (χ0) is 21.0. The van der Waals surface area contributed by atoms with Crippen LogP contribution in [0.5, 0.6) is 5.75 Å². The van der Waals surface area contributed by atoms with E-state index in [1.165, 1.54) is 16.8 Å². The number of carbonyl (C=O) groups excluding carboxylic acids is 1. The van der Waals surface area contributed by atoms with Gasteiger partial charge < -0.3 is 15.2 Å². The molecular weight excluding hydrogens is 373 g/mol. The summed E-state index contributed by atoms with van der Waals surface area (Å²) in [6.07, 6.45) is 0.378. The number of aryl methyl sites for hydroxylation is 1. The Hall–Kier alpha value is -3.19. The van der Waals surface area contributed by atoms with Gasteiger partial charge in [0.1, 0.15) is 17.3 Å². The number of hydrogen-bond acceptors (Lipinski definition) is 4. The monoisotopic (exact) mass is 397 g/mol. The molecule has 0 radical (unpaired) electrons. The molecule has 0 aliphatic rings. The number of rotatable bonds is 7. The minimum Gasteiger partial charge on any atom is -0.497 e. The van der Waals surface area contributed by atoms with Crippen LogP contribution in [0.25, 0.3) is 11.3 Å². The van der Waals surface area contributed by atoms with E-state index in [2.05, 4.69) is 10.4 Å². The van der Waals surface area contributed by atoms with Crippen LogP contribution >= 0.6 is 0 Å². The predicted octanol–water partition coefficient (Wildman–Crippen LogP) is 2.96. The normalized spacial score (nSPS) is 13.0. The average Bonchev–Trinajstić information content (AvgIpc) is 3.09. The van der Waals surface area contributed by atoms with E-state index >= 15 is 0 Å². The van der Waals surface area contributed by atoms with Crippen LogP contribution in [0.1, 0.15) is 23.0 Å². The van der Waals surface area contributed by atoms with Crippen LogP contribution in [-0.2, 0) is 13.5 Å². The van der Waals surface area contributed by atoms with E-state index in [0.29, 0.717) is 23.4 Å². The van der Waals surface area contributed by atoms with Crippen molar-refractivity contribution in [2.75, 3.05) is 13.7 Å². The third-order valence-corrected chi connectivity index (χ3v) is 4.63. The van der Waals surface area contributed by atoms with E-state index in [0.717, 1.165) is 11.3 Å². The summed E-state index contributed by atoms with van der Waals surface area (Å²) in [5.41, 5.74) is 1.45. The van der Waals surface area contributed by atoms with Gasteiger partial charge in [0.25, 0.3) is 5.91 Å². The highest BCUT2D eigenvalue weighted by molar-refractivity contribution is 5.93. The van der Waals surface area contributed by atoms with E-state index in [1.54, 1.807) is 39.3 Å². The molecule has 3 aromatic rings. The molecule has 0 aliphatic carbocycles. The summed E-state index contributed by atoms with van der Waals surface area (Å²) in [6, 6.07) is 15.0. The lowest BCUT2D eigenvalue weighted by atomic mass is 9.96. The van der Waals surface area contributed by atoms with Gasteiger partial charge in [-0.15, -0.1) is 0 Å². The fourth-order valence-corrected chi connectivity index (χ4v) is 3.05. The molecule has 0 aliphatic heterocycles. The maximum atomic E-state index is 13.1. The number of halogens is 1. The molecule has 6 nitrogen and oxygen atoms in total. The molecule has 2 N–H and O–H groups in total. The maximum absolute atomic E-state index is 13.1. The number of aromatic nitrogens is 2. The Balaban J connectivity index is 1.64. The molecule has 1 amide bonds. The van der Waals surface area contributed by atoms with Gasteiger partial charge in [-0.3, -0.25) is 9.48 Å². The van der Waals surface area contributed by atoms with Crippen molar-refractivity contribution in [3.63, 3.8) is 0 Å². The molecule has 152 valence electrons. The van der Waals surface area contributed by atoms with Crippen molar-refractivity contribution in [1.29, 1.82) is 0 Å². The molecule has 29 heavy (non-hydrogen) atoms. The zero-order valence-corrected chi connectivity index (χ0v) is 16.6. The summed E-state index contributed by atoms with van der Waals surface area (Å²) in [5, 5.41) is 17.7. The largest absolute Gasteiger partial charge is 0.497 e. The van der Waals surface area contributed by atoms with Crippen molar-refractivity contribution in [1.82, 2.24) is 15.1 Å². The first-order valence-corrected chi connectivity index (χ1v) is 9.21. The van der Waals surface area contributed by atoms with Crippen LogP contribution in [-0.4, -0.2) is 40.0 Å². The van der Waals surface area contributed by atoms with Gasteiger partial charge in [-0.25, -0.2) is 4.39 Å². The van der Waals surface area contributed by atoms with Gasteiger partial charge in [0.05, 0.1) is 18.4 Å². The number of carbonyl (C=O) groups is 1. The Morgan fingerprint density at radius 3 is 2.48 bits per heavy atom. The average molecular weight is 397 g/mol. The van der Waals surface area contributed by atoms with Crippen LogP contribution < -0.4 is 10.1 Å². The highest BCUT2D eigenvalue weighted by Crippen LogP contribution is 2.20. The van der Waals surface area contributed by atoms with E-state index in [1.807, 2.05) is 24.3 Å². The Bertz CT molecular complexity index is 980. The Morgan fingerprint density at radius 1 is 1.21 bits per heavy atom. The zero-order valence-electron chi connectivity index (χ0n) is 16.6. The first kappa shape index (κ1) is 20.5. The molecule has 1 atom stereocenters. The summed E-state index contributed by atoms with van der Waals surface area (Å²) in [4.78, 5) is 12.6. The van der Waals surface area contributed by atoms with E-state index in [9.17, 15) is 14.3 Å². The van der Waals surface area contributed by atoms with Crippen LogP contribution in [0, 0.1) is 5.82 Å². The van der Waals surface area contributed by atoms with E-state index < -0.39 is 5.60 Å². The van der Waals surface area contributed by atoms with Crippen molar-refractivity contribution >= 4 is 5.91 Å². The highest BCUT2D eigenvalue weighted by Gasteiger charge is 2.23. The molecule has 0 spiro atoms. The second kappa shape index (κ2) is 8.45. The van der Waals surface area contributed by atoms with Gasteiger partial charge in [-0.05, 0) is 55.0 Å². The summed E-state index contributed by atoms with van der Waals surface area (Å²) < 4.78 is 19.7. The van der Waals surface area contributed by atoms with Gasteiger partial charge >= 0.3 is 0 Å². The SMILES string of the molecule is COc1ccc(C[C@@](C)(O)CNC(=O)c2cc(-c3ccc(F)cc3)nn2C)cc1. The standard InChI is InChI=1S/C22H24FN3O3/c1-22(28,13-15-4-10-18(29-3)11-5-15)14-24-21(27)20-12-19(25-26(20)2)16-6-8-17(23)9-7-16/h4-12,28H,13-14H2,1-3H3,(H,24,27)/t22-/m1/s1. The lowest BCUT2D eigenvalue weighted by Crippen LogP contribution is -2.42. The second-order valence-electron chi connectivity index (χ2n) is 7.25. The number of benzene rings is 2. The maximum Gasteiger partial charge on any atom is 0.269 e. The summed E-state index contributed by atoms with van der Waals surface area (Å²) in [7, 11) is 3.26. The summed E-state index contributed by atoms with van der Waals surface area (Å²) in [6.45, 7) is 1.75. The Morgan fingerprint density at radius 2 is 1.86 bits per heavy atom. The lowest BCUT2D eigenvalue weighted by Gasteiger charge is -2.24. The number of aliphatic hydroxyl groups is 1. The number of hydrogen-bond donors (Lipinski definition) is 2. The van der Waals surface area contributed by atoms with Gasteiger partial charge in [0.15, 0.2) is 0 Å². The third kappa shape index (κ3) is 5.20. The number of nitrogens with zero attached hydrogens (tertiary/aromatic N) is 2. The van der Waals surface area contributed by atoms with Gasteiger partial charge in [0.2, 0.25) is 0 Å². The molecule has 0 saturated carbocycles. The van der Waals surface area contributed by atoms with Gasteiger partial charge in [-0.2, -0.15) is 5.10 Å². The molecule has 0 unspecified atom stereocenters. The van der Waals surface area contributed by atoms with E-state index in [4.69, 9.17) is 4.74 Å². The van der Waals surface area contributed by atoms with Crippen LogP contribution in [0.4, 0.5) is 4.39 Å². The molecular formula is C22H24FN3O3. The topological polar surface area (TPSA) is 76.4 Å². The van der Waals surface area contributed by atoms with Crippen molar-refractivity contribution in [2.45, 2.75) is 18.9 Å². The molecule has 1 aromatic heterocycles. The number of ether oxygens (including phenoxy) is 1. The first-order valence-electron chi connectivity index (χ1n) is 9.21. The minimum absolute atomic E-state index is 0.0783. The van der Waals surface area contributed by atoms with Crippen molar-refractivity contribution in [2.24, 2.45) is 7.05 Å². The molecule has 0 fully saturated rings. The summed E-state index contributed by atoms with van der Waals surface area (Å²) in [5.74, 6) is 0.0694. The Kier molecular flexibility index (Phi) is 5.98. The van der Waals surface area contributed by atoms with Crippen molar-refractivity contribution < 1.29 is 19.0 Å². The Labute approximate surface area is 168 Å². The third-order valence-electron chi connectivity index (χ3n) is 4.63. The van der Waals surface area contributed by atoms with Crippen LogP contribution in [0.15, 0.2) is 54.6 Å². The predicted molar refractivity (Wildman–Crippen MR) is 108 cm³/mol. The fourth-order valence-electron chi connectivity index (χ4n) is 3.05. The van der Waals surface area contributed by atoms with E-state index in [-0.39, 0.29) is 18.3 Å². The second-order valence-corrected chi connectivity index (χ2v) is 7.25. The van der Waals surface area contributed by atoms with Gasteiger partial charge in [-0.1, -0.05) is 12.1 Å². The summed E-state index contributed by atoms with van der Waals surface area (Å²) >= 11 is 0. The molecule has 2 aromatic carbocycles. The smallest absolute Gasteiger partial charge is 0.269 e. The number of nitrogens with one attached hydrogen (secondary N) is 1. The van der Waals surface area contributed by atoms with Crippen LogP contribution in [0.2, 0.25) is 0 Å². The molecule has 7 heteroatoms. The quantitative estimate of drug-likeness (QED) is 0.643. The molecule has 1 heterocycles. The number of amides is 1. The van der Waals surface area contributed by atoms with Crippen molar-refractivity contribution in [3.05, 3.63) is 71.7 Å². The number of methoxy groups -OCH3 is 1. The molecule has 0 saturated heterocycles. The molecule has 0 bridgehead atoms. The fraction of sp³-hybridized carbons (Fsp3) is 0.273. The minimum atomic E-state index is -1.12.